The Morgan fingerprint density at radius 3 is 2.57 bits per heavy atom. The van der Waals surface area contributed by atoms with Gasteiger partial charge in [0.2, 0.25) is 5.91 Å². The third kappa shape index (κ3) is 3.64. The van der Waals surface area contributed by atoms with Crippen molar-refractivity contribution in [3.05, 3.63) is 29.6 Å². The third-order valence-corrected chi connectivity index (χ3v) is 4.53. The highest BCUT2D eigenvalue weighted by molar-refractivity contribution is 5.79. The number of halogens is 1. The van der Waals surface area contributed by atoms with Gasteiger partial charge in [-0.25, -0.2) is 4.39 Å². The molecule has 2 fully saturated rings. The van der Waals surface area contributed by atoms with E-state index in [4.69, 9.17) is 9.47 Å². The van der Waals surface area contributed by atoms with Crippen LogP contribution in [0.15, 0.2) is 18.2 Å². The fourth-order valence-corrected chi connectivity index (χ4v) is 3.34. The lowest BCUT2D eigenvalue weighted by Crippen LogP contribution is -2.60. The van der Waals surface area contributed by atoms with Gasteiger partial charge in [0.1, 0.15) is 0 Å². The normalized spacial score (nSPS) is 24.6. The van der Waals surface area contributed by atoms with Crippen LogP contribution in [0.5, 0.6) is 5.75 Å². The summed E-state index contributed by atoms with van der Waals surface area (Å²) >= 11 is 0. The van der Waals surface area contributed by atoms with Gasteiger partial charge in [-0.3, -0.25) is 9.69 Å². The number of morpholine rings is 2. The zero-order valence-corrected chi connectivity index (χ0v) is 13.6. The Balaban J connectivity index is 1.62. The summed E-state index contributed by atoms with van der Waals surface area (Å²) < 4.78 is 24.6. The van der Waals surface area contributed by atoms with Gasteiger partial charge in [-0.15, -0.1) is 0 Å². The van der Waals surface area contributed by atoms with E-state index in [1.807, 2.05) is 4.90 Å². The minimum absolute atomic E-state index is 0.0258. The Kier molecular flexibility index (Phi) is 4.82. The van der Waals surface area contributed by atoms with Gasteiger partial charge in [0.05, 0.1) is 25.7 Å². The maximum Gasteiger partial charge on any atom is 0.227 e. The first-order chi connectivity index (χ1) is 11.1. The van der Waals surface area contributed by atoms with Crippen LogP contribution in [0.4, 0.5) is 4.39 Å². The molecular formula is C17H23FN2O3. The first-order valence-electron chi connectivity index (χ1n) is 8.07. The number of likely N-dealkylation sites (N-methyl/N-ethyl adjacent to an activating group) is 1. The molecule has 2 aliphatic rings. The molecule has 2 bridgehead atoms. The lowest BCUT2D eigenvalue weighted by atomic mass is 10.1. The van der Waals surface area contributed by atoms with Crippen molar-refractivity contribution in [3.63, 3.8) is 0 Å². The first kappa shape index (κ1) is 16.2. The lowest BCUT2D eigenvalue weighted by molar-refractivity contribution is -0.159. The Hall–Kier alpha value is -1.66. The molecule has 0 aromatic heterocycles. The second-order valence-corrected chi connectivity index (χ2v) is 6.18. The Bertz CT molecular complexity index is 567. The summed E-state index contributed by atoms with van der Waals surface area (Å²) in [6.07, 6.45) is 0.371. The first-order valence-corrected chi connectivity index (χ1v) is 8.07. The number of carbonyl (C=O) groups is 1. The van der Waals surface area contributed by atoms with Crippen molar-refractivity contribution in [2.75, 3.05) is 39.8 Å². The standard InChI is InChI=1S/C17H23FN2O3/c1-3-19-8-13-10-20(11-14(9-19)23-13)17(21)7-12-4-5-16(22-2)15(18)6-12/h4-6,13-14H,3,7-11H2,1-2H3. The molecule has 0 N–H and O–H groups in total. The van der Waals surface area contributed by atoms with E-state index < -0.39 is 5.82 Å². The average molecular weight is 322 g/mol. The SMILES string of the molecule is CCN1CC2CN(C(=O)Cc3ccc(OC)c(F)c3)CC(C1)O2. The molecule has 23 heavy (non-hydrogen) atoms. The van der Waals surface area contributed by atoms with E-state index in [0.717, 1.165) is 19.6 Å². The highest BCUT2D eigenvalue weighted by Crippen LogP contribution is 2.21. The zero-order chi connectivity index (χ0) is 16.4. The van der Waals surface area contributed by atoms with Crippen molar-refractivity contribution in [1.29, 1.82) is 0 Å². The summed E-state index contributed by atoms with van der Waals surface area (Å²) in [7, 11) is 1.43. The van der Waals surface area contributed by atoms with Crippen molar-refractivity contribution < 1.29 is 18.7 Å². The number of methoxy groups -OCH3 is 1. The van der Waals surface area contributed by atoms with Gasteiger partial charge in [0.15, 0.2) is 11.6 Å². The van der Waals surface area contributed by atoms with Crippen LogP contribution in [0.1, 0.15) is 12.5 Å². The minimum Gasteiger partial charge on any atom is -0.494 e. The van der Waals surface area contributed by atoms with Crippen LogP contribution in [0, 0.1) is 5.82 Å². The zero-order valence-electron chi connectivity index (χ0n) is 13.6. The Morgan fingerprint density at radius 1 is 1.30 bits per heavy atom. The number of benzene rings is 1. The third-order valence-electron chi connectivity index (χ3n) is 4.53. The number of amides is 1. The number of rotatable bonds is 4. The largest absolute Gasteiger partial charge is 0.494 e. The smallest absolute Gasteiger partial charge is 0.227 e. The van der Waals surface area contributed by atoms with E-state index in [1.54, 1.807) is 12.1 Å². The molecule has 1 aromatic carbocycles. The van der Waals surface area contributed by atoms with Gasteiger partial charge in [-0.2, -0.15) is 0 Å². The predicted molar refractivity (Wildman–Crippen MR) is 84.0 cm³/mol. The van der Waals surface area contributed by atoms with E-state index in [-0.39, 0.29) is 30.3 Å². The molecule has 2 unspecified atom stereocenters. The van der Waals surface area contributed by atoms with Gasteiger partial charge >= 0.3 is 0 Å². The van der Waals surface area contributed by atoms with E-state index in [9.17, 15) is 9.18 Å². The number of nitrogens with zero attached hydrogens (tertiary/aromatic N) is 2. The molecule has 2 heterocycles. The molecule has 5 nitrogen and oxygen atoms in total. The number of hydrogen-bond acceptors (Lipinski definition) is 4. The fraction of sp³-hybridized carbons (Fsp3) is 0.588. The van der Waals surface area contributed by atoms with Crippen LogP contribution >= 0.6 is 0 Å². The maximum absolute atomic E-state index is 13.7. The van der Waals surface area contributed by atoms with E-state index in [0.29, 0.717) is 18.7 Å². The lowest BCUT2D eigenvalue weighted by Gasteiger charge is -2.45. The van der Waals surface area contributed by atoms with Gasteiger partial charge < -0.3 is 14.4 Å². The van der Waals surface area contributed by atoms with Crippen molar-refractivity contribution in [1.82, 2.24) is 9.80 Å². The maximum atomic E-state index is 13.7. The molecule has 2 atom stereocenters. The van der Waals surface area contributed by atoms with Gasteiger partial charge in [0.25, 0.3) is 0 Å². The molecule has 3 rings (SSSR count). The molecule has 0 aliphatic carbocycles. The summed E-state index contributed by atoms with van der Waals surface area (Å²) in [5.41, 5.74) is 0.667. The molecule has 1 aromatic rings. The number of hydrogen-bond donors (Lipinski definition) is 0. The number of carbonyl (C=O) groups excluding carboxylic acids is 1. The molecular weight excluding hydrogens is 299 g/mol. The molecule has 2 aliphatic heterocycles. The van der Waals surface area contributed by atoms with Crippen LogP contribution in [0.2, 0.25) is 0 Å². The van der Waals surface area contributed by atoms with Gasteiger partial charge in [0, 0.05) is 26.2 Å². The summed E-state index contributed by atoms with van der Waals surface area (Å²) in [5, 5.41) is 0. The minimum atomic E-state index is -0.435. The topological polar surface area (TPSA) is 42.0 Å². The molecule has 0 spiro atoms. The highest BCUT2D eigenvalue weighted by Gasteiger charge is 2.35. The Labute approximate surface area is 136 Å². The van der Waals surface area contributed by atoms with Crippen molar-refractivity contribution in [2.45, 2.75) is 25.6 Å². The average Bonchev–Trinajstić information content (AvgIpc) is 2.54. The second kappa shape index (κ2) is 6.84. The highest BCUT2D eigenvalue weighted by atomic mass is 19.1. The van der Waals surface area contributed by atoms with Crippen molar-refractivity contribution in [3.8, 4) is 5.75 Å². The van der Waals surface area contributed by atoms with Crippen molar-refractivity contribution in [2.24, 2.45) is 0 Å². The molecule has 126 valence electrons. The van der Waals surface area contributed by atoms with E-state index >= 15 is 0 Å². The quantitative estimate of drug-likeness (QED) is 0.838. The predicted octanol–water partition coefficient (Wildman–Crippen LogP) is 1.31. The number of ether oxygens (including phenoxy) is 2. The van der Waals surface area contributed by atoms with Crippen LogP contribution in [0.3, 0.4) is 0 Å². The molecule has 6 heteroatoms. The molecule has 0 radical (unpaired) electrons. The second-order valence-electron chi connectivity index (χ2n) is 6.18. The monoisotopic (exact) mass is 322 g/mol. The Morgan fingerprint density at radius 2 is 2.00 bits per heavy atom. The summed E-state index contributed by atoms with van der Waals surface area (Å²) in [6.45, 7) is 6.12. The van der Waals surface area contributed by atoms with Gasteiger partial charge in [-0.1, -0.05) is 13.0 Å². The van der Waals surface area contributed by atoms with Gasteiger partial charge in [-0.05, 0) is 24.2 Å². The van der Waals surface area contributed by atoms with Crippen LogP contribution in [-0.4, -0.2) is 67.7 Å². The fourth-order valence-electron chi connectivity index (χ4n) is 3.34. The van der Waals surface area contributed by atoms with E-state index in [2.05, 4.69) is 11.8 Å². The molecule has 2 saturated heterocycles. The van der Waals surface area contributed by atoms with Crippen molar-refractivity contribution >= 4 is 5.91 Å². The molecule has 1 amide bonds. The number of fused-ring (bicyclic) bond motifs is 2. The summed E-state index contributed by atoms with van der Waals surface area (Å²) in [4.78, 5) is 16.7. The van der Waals surface area contributed by atoms with Crippen LogP contribution < -0.4 is 4.74 Å². The van der Waals surface area contributed by atoms with E-state index in [1.165, 1.54) is 13.2 Å². The molecule has 0 saturated carbocycles. The van der Waals surface area contributed by atoms with Crippen LogP contribution in [0.25, 0.3) is 0 Å². The van der Waals surface area contributed by atoms with Crippen LogP contribution in [-0.2, 0) is 16.0 Å². The summed E-state index contributed by atoms with van der Waals surface area (Å²) in [5.74, 6) is -0.213. The summed E-state index contributed by atoms with van der Waals surface area (Å²) in [6, 6.07) is 4.67.